The fraction of sp³-hybridized carbons (Fsp3) is 0.833. The molecular formula is C12H21NO2. The summed E-state index contributed by atoms with van der Waals surface area (Å²) in [6.07, 6.45) is 0. The van der Waals surface area contributed by atoms with E-state index in [1.54, 1.807) is 6.92 Å². The highest BCUT2D eigenvalue weighted by Crippen LogP contribution is 2.13. The lowest BCUT2D eigenvalue weighted by Crippen LogP contribution is -2.36. The summed E-state index contributed by atoms with van der Waals surface area (Å²) in [5, 5.41) is 9.90. The largest absolute Gasteiger partial charge is 0.379 e. The van der Waals surface area contributed by atoms with Crippen molar-refractivity contribution in [2.75, 3.05) is 32.8 Å². The molecule has 0 aromatic heterocycles. The Morgan fingerprint density at radius 3 is 2.53 bits per heavy atom. The zero-order valence-corrected chi connectivity index (χ0v) is 9.92. The Morgan fingerprint density at radius 2 is 2.00 bits per heavy atom. The van der Waals surface area contributed by atoms with Gasteiger partial charge in [-0.05, 0) is 12.8 Å². The second-order valence-electron chi connectivity index (χ2n) is 4.49. The van der Waals surface area contributed by atoms with Crippen LogP contribution in [0, 0.1) is 17.8 Å². The molecule has 1 N–H and O–H groups in total. The molecule has 86 valence electrons. The lowest BCUT2D eigenvalue weighted by Gasteiger charge is -2.25. The minimum atomic E-state index is -0.869. The Morgan fingerprint density at radius 1 is 1.40 bits per heavy atom. The highest BCUT2D eigenvalue weighted by atomic mass is 16.5. The van der Waals surface area contributed by atoms with Crippen molar-refractivity contribution >= 4 is 0 Å². The minimum Gasteiger partial charge on any atom is -0.379 e. The van der Waals surface area contributed by atoms with Gasteiger partial charge in [0.25, 0.3) is 0 Å². The molecule has 1 heterocycles. The summed E-state index contributed by atoms with van der Waals surface area (Å²) in [7, 11) is 0. The van der Waals surface area contributed by atoms with Crippen molar-refractivity contribution in [3.05, 3.63) is 0 Å². The summed E-state index contributed by atoms with van der Waals surface area (Å²) in [6.45, 7) is 9.92. The van der Waals surface area contributed by atoms with E-state index in [4.69, 9.17) is 4.74 Å². The lowest BCUT2D eigenvalue weighted by molar-refractivity contribution is 0.0440. The zero-order valence-electron chi connectivity index (χ0n) is 9.92. The fourth-order valence-electron chi connectivity index (χ4n) is 1.23. The van der Waals surface area contributed by atoms with Gasteiger partial charge in [0.15, 0.2) is 0 Å². The van der Waals surface area contributed by atoms with Gasteiger partial charge in [-0.1, -0.05) is 25.7 Å². The van der Waals surface area contributed by atoms with Gasteiger partial charge < -0.3 is 9.84 Å². The van der Waals surface area contributed by atoms with Crippen LogP contribution in [0.3, 0.4) is 0 Å². The molecule has 1 aliphatic rings. The molecule has 0 aromatic carbocycles. The van der Waals surface area contributed by atoms with E-state index in [-0.39, 0.29) is 5.92 Å². The van der Waals surface area contributed by atoms with Crippen molar-refractivity contribution in [1.82, 2.24) is 4.90 Å². The first-order valence-corrected chi connectivity index (χ1v) is 5.55. The summed E-state index contributed by atoms with van der Waals surface area (Å²) < 4.78 is 5.25. The monoisotopic (exact) mass is 211 g/mol. The highest BCUT2D eigenvalue weighted by Gasteiger charge is 2.21. The molecule has 0 saturated carbocycles. The molecule has 1 rings (SSSR count). The molecule has 1 unspecified atom stereocenters. The van der Waals surface area contributed by atoms with Crippen LogP contribution in [0.15, 0.2) is 0 Å². The molecule has 0 aliphatic carbocycles. The first-order chi connectivity index (χ1) is 7.02. The average Bonchev–Trinajstić information content (AvgIpc) is 2.19. The molecular weight excluding hydrogens is 190 g/mol. The van der Waals surface area contributed by atoms with Crippen LogP contribution in [0.4, 0.5) is 0 Å². The molecule has 0 amide bonds. The third kappa shape index (κ3) is 4.21. The van der Waals surface area contributed by atoms with E-state index in [9.17, 15) is 5.11 Å². The highest BCUT2D eigenvalue weighted by molar-refractivity contribution is 5.14. The maximum absolute atomic E-state index is 9.90. The van der Waals surface area contributed by atoms with Crippen LogP contribution in [0.25, 0.3) is 0 Å². The smallest absolute Gasteiger partial charge is 0.125 e. The van der Waals surface area contributed by atoms with Crippen molar-refractivity contribution in [2.24, 2.45) is 5.92 Å². The molecule has 3 heteroatoms. The SMILES string of the molecule is CC(C)C(C)(O)C#CCN1CCOCC1. The predicted molar refractivity (Wildman–Crippen MR) is 60.5 cm³/mol. The third-order valence-corrected chi connectivity index (χ3v) is 2.87. The van der Waals surface area contributed by atoms with Gasteiger partial charge in [-0.15, -0.1) is 0 Å². The van der Waals surface area contributed by atoms with Gasteiger partial charge in [0.1, 0.15) is 5.60 Å². The van der Waals surface area contributed by atoms with Crippen LogP contribution < -0.4 is 0 Å². The molecule has 1 saturated heterocycles. The second kappa shape index (κ2) is 5.50. The number of ether oxygens (including phenoxy) is 1. The molecule has 0 spiro atoms. The van der Waals surface area contributed by atoms with Crippen molar-refractivity contribution in [3.63, 3.8) is 0 Å². The predicted octanol–water partition coefficient (Wildman–Crippen LogP) is 0.729. The van der Waals surface area contributed by atoms with Crippen molar-refractivity contribution in [3.8, 4) is 11.8 Å². The van der Waals surface area contributed by atoms with Gasteiger partial charge in [-0.3, -0.25) is 4.90 Å². The van der Waals surface area contributed by atoms with Gasteiger partial charge >= 0.3 is 0 Å². The number of morpholine rings is 1. The quantitative estimate of drug-likeness (QED) is 0.683. The summed E-state index contributed by atoms with van der Waals surface area (Å²) in [6, 6.07) is 0. The maximum atomic E-state index is 9.90. The number of rotatable bonds is 2. The molecule has 1 aliphatic heterocycles. The number of aliphatic hydroxyl groups is 1. The number of hydrogen-bond acceptors (Lipinski definition) is 3. The Hall–Kier alpha value is -0.560. The third-order valence-electron chi connectivity index (χ3n) is 2.87. The van der Waals surface area contributed by atoms with E-state index in [0.29, 0.717) is 0 Å². The van der Waals surface area contributed by atoms with Gasteiger partial charge in [0.2, 0.25) is 0 Å². The summed E-state index contributed by atoms with van der Waals surface area (Å²) in [5.74, 6) is 6.14. The van der Waals surface area contributed by atoms with Gasteiger partial charge in [-0.2, -0.15) is 0 Å². The van der Waals surface area contributed by atoms with E-state index in [1.807, 2.05) is 13.8 Å². The molecule has 3 nitrogen and oxygen atoms in total. The molecule has 0 bridgehead atoms. The normalized spacial score (nSPS) is 21.9. The van der Waals surface area contributed by atoms with Crippen LogP contribution in [0.1, 0.15) is 20.8 Å². The topological polar surface area (TPSA) is 32.7 Å². The van der Waals surface area contributed by atoms with Crippen LogP contribution in [0.2, 0.25) is 0 Å². The first-order valence-electron chi connectivity index (χ1n) is 5.55. The minimum absolute atomic E-state index is 0.162. The average molecular weight is 211 g/mol. The van der Waals surface area contributed by atoms with Gasteiger partial charge in [0, 0.05) is 13.1 Å². The van der Waals surface area contributed by atoms with Crippen molar-refractivity contribution in [1.29, 1.82) is 0 Å². The Bertz CT molecular complexity index is 244. The zero-order chi connectivity index (χ0) is 11.3. The molecule has 15 heavy (non-hydrogen) atoms. The van der Waals surface area contributed by atoms with Crippen molar-refractivity contribution < 1.29 is 9.84 Å². The molecule has 1 atom stereocenters. The standard InChI is InChI=1S/C12H21NO2/c1-11(2)12(3,14)5-4-6-13-7-9-15-10-8-13/h11,14H,6-10H2,1-3H3. The van der Waals surface area contributed by atoms with Crippen molar-refractivity contribution in [2.45, 2.75) is 26.4 Å². The van der Waals surface area contributed by atoms with Crippen LogP contribution >= 0.6 is 0 Å². The second-order valence-corrected chi connectivity index (χ2v) is 4.49. The van der Waals surface area contributed by atoms with Crippen LogP contribution in [0.5, 0.6) is 0 Å². The number of nitrogens with zero attached hydrogens (tertiary/aromatic N) is 1. The Balaban J connectivity index is 2.37. The van der Waals surface area contributed by atoms with Crippen LogP contribution in [-0.2, 0) is 4.74 Å². The van der Waals surface area contributed by atoms with E-state index in [2.05, 4.69) is 16.7 Å². The first kappa shape index (κ1) is 12.5. The van der Waals surface area contributed by atoms with Gasteiger partial charge in [-0.25, -0.2) is 0 Å². The summed E-state index contributed by atoms with van der Waals surface area (Å²) in [5.41, 5.74) is -0.869. The Labute approximate surface area is 92.4 Å². The van der Waals surface area contributed by atoms with E-state index in [0.717, 1.165) is 32.8 Å². The van der Waals surface area contributed by atoms with E-state index < -0.39 is 5.60 Å². The molecule has 0 radical (unpaired) electrons. The maximum Gasteiger partial charge on any atom is 0.125 e. The number of hydrogen-bond donors (Lipinski definition) is 1. The Kier molecular flexibility index (Phi) is 4.59. The van der Waals surface area contributed by atoms with E-state index in [1.165, 1.54) is 0 Å². The molecule has 0 aromatic rings. The van der Waals surface area contributed by atoms with Gasteiger partial charge in [0.05, 0.1) is 19.8 Å². The fourth-order valence-corrected chi connectivity index (χ4v) is 1.23. The van der Waals surface area contributed by atoms with E-state index >= 15 is 0 Å². The lowest BCUT2D eigenvalue weighted by atomic mass is 9.93. The summed E-state index contributed by atoms with van der Waals surface area (Å²) >= 11 is 0. The van der Waals surface area contributed by atoms with Crippen LogP contribution in [-0.4, -0.2) is 48.5 Å². The summed E-state index contributed by atoms with van der Waals surface area (Å²) in [4.78, 5) is 2.24. The molecule has 1 fully saturated rings.